The number of anilines is 1. The fourth-order valence-electron chi connectivity index (χ4n) is 2.24. The number of halogens is 1. The third-order valence-electron chi connectivity index (χ3n) is 3.48. The van der Waals surface area contributed by atoms with E-state index in [2.05, 4.69) is 32.6 Å². The molecule has 0 aliphatic heterocycles. The molecule has 144 valence electrons. The van der Waals surface area contributed by atoms with E-state index in [0.717, 1.165) is 29.0 Å². The average Bonchev–Trinajstić information content (AvgIpc) is 3.03. The summed E-state index contributed by atoms with van der Waals surface area (Å²) in [6, 6.07) is 0. The van der Waals surface area contributed by atoms with Crippen molar-refractivity contribution in [2.24, 2.45) is 0 Å². The van der Waals surface area contributed by atoms with Gasteiger partial charge in [-0.3, -0.25) is 4.79 Å². The van der Waals surface area contributed by atoms with Gasteiger partial charge in [-0.05, 0) is 6.42 Å². The first-order valence-electron chi connectivity index (χ1n) is 8.61. The summed E-state index contributed by atoms with van der Waals surface area (Å²) in [6.45, 7) is 4.37. The maximum Gasteiger partial charge on any atom is 0.221 e. The van der Waals surface area contributed by atoms with Crippen LogP contribution in [0.2, 0.25) is 0 Å². The van der Waals surface area contributed by atoms with Crippen LogP contribution < -0.4 is 10.6 Å². The third kappa shape index (κ3) is 6.00. The highest BCUT2D eigenvalue weighted by Gasteiger charge is 2.13. The van der Waals surface area contributed by atoms with Gasteiger partial charge in [0.2, 0.25) is 5.91 Å². The molecule has 1 amide bonds. The number of carbonyl (C=O) groups is 1. The van der Waals surface area contributed by atoms with Crippen LogP contribution in [-0.4, -0.2) is 64.1 Å². The lowest BCUT2D eigenvalue weighted by Crippen LogP contribution is -2.27. The van der Waals surface area contributed by atoms with E-state index in [-0.39, 0.29) is 5.91 Å². The molecule has 2 N–H and O–H groups in total. The Balaban J connectivity index is 2.16. The van der Waals surface area contributed by atoms with Crippen LogP contribution in [0.15, 0.2) is 11.4 Å². The standard InChI is InChI=1S/C16H25ClN6O2S/c1-3-10-26-16-21-14(19-7-9-25-2)12-11-20-23(15(12)22-16)8-6-18-13(24)4-5-17/h11H,3-10H2,1-2H3,(H,18,24)(H,19,21,22). The molecule has 0 aromatic carbocycles. The highest BCUT2D eigenvalue weighted by atomic mass is 35.5. The first-order chi connectivity index (χ1) is 12.7. The van der Waals surface area contributed by atoms with Gasteiger partial charge in [-0.15, -0.1) is 11.6 Å². The van der Waals surface area contributed by atoms with Crippen LogP contribution in [0.1, 0.15) is 19.8 Å². The number of hydrogen-bond donors (Lipinski definition) is 2. The highest BCUT2D eigenvalue weighted by molar-refractivity contribution is 7.99. The molecule has 0 saturated carbocycles. The van der Waals surface area contributed by atoms with Gasteiger partial charge in [0, 0.05) is 38.3 Å². The monoisotopic (exact) mass is 400 g/mol. The molecule has 0 spiro atoms. The van der Waals surface area contributed by atoms with E-state index < -0.39 is 0 Å². The fraction of sp³-hybridized carbons (Fsp3) is 0.625. The fourth-order valence-corrected chi connectivity index (χ4v) is 3.10. The Labute approximate surface area is 162 Å². The topological polar surface area (TPSA) is 94.0 Å². The second-order valence-electron chi connectivity index (χ2n) is 5.52. The van der Waals surface area contributed by atoms with Crippen LogP contribution in [0, 0.1) is 0 Å². The third-order valence-corrected chi connectivity index (χ3v) is 4.72. The zero-order valence-electron chi connectivity index (χ0n) is 15.1. The number of alkyl halides is 1. The summed E-state index contributed by atoms with van der Waals surface area (Å²) in [7, 11) is 1.66. The Morgan fingerprint density at radius 2 is 2.23 bits per heavy atom. The molecule has 0 bridgehead atoms. The predicted octanol–water partition coefficient (Wildman–Crippen LogP) is 2.13. The van der Waals surface area contributed by atoms with Crippen LogP contribution in [-0.2, 0) is 16.1 Å². The quantitative estimate of drug-likeness (QED) is 0.244. The van der Waals surface area contributed by atoms with E-state index in [1.54, 1.807) is 29.8 Å². The Kier molecular flexibility index (Phi) is 8.93. The molecule has 0 radical (unpaired) electrons. The summed E-state index contributed by atoms with van der Waals surface area (Å²) in [4.78, 5) is 20.8. The lowest BCUT2D eigenvalue weighted by Gasteiger charge is -2.09. The SMILES string of the molecule is CCCSc1nc(NCCOC)c2cnn(CCNC(=O)CCCl)c2n1. The lowest BCUT2D eigenvalue weighted by molar-refractivity contribution is -0.120. The first kappa shape index (κ1) is 20.7. The van der Waals surface area contributed by atoms with E-state index in [0.29, 0.717) is 43.7 Å². The number of aromatic nitrogens is 4. The summed E-state index contributed by atoms with van der Waals surface area (Å²) in [5.41, 5.74) is 0.755. The number of thioether (sulfide) groups is 1. The van der Waals surface area contributed by atoms with Gasteiger partial charge in [-0.1, -0.05) is 18.7 Å². The van der Waals surface area contributed by atoms with Gasteiger partial charge < -0.3 is 15.4 Å². The summed E-state index contributed by atoms with van der Waals surface area (Å²) in [5.74, 6) is 1.96. The Hall–Kier alpha value is -1.58. The minimum absolute atomic E-state index is 0.0628. The van der Waals surface area contributed by atoms with Gasteiger partial charge in [0.05, 0.1) is 24.7 Å². The molecule has 0 fully saturated rings. The minimum Gasteiger partial charge on any atom is -0.383 e. The molecule has 2 aromatic rings. The van der Waals surface area contributed by atoms with E-state index >= 15 is 0 Å². The number of methoxy groups -OCH3 is 1. The van der Waals surface area contributed by atoms with Gasteiger partial charge >= 0.3 is 0 Å². The normalized spacial score (nSPS) is 11.0. The highest BCUT2D eigenvalue weighted by Crippen LogP contribution is 2.24. The van der Waals surface area contributed by atoms with Crippen molar-refractivity contribution in [3.05, 3.63) is 6.20 Å². The van der Waals surface area contributed by atoms with Crippen LogP contribution in [0.3, 0.4) is 0 Å². The maximum absolute atomic E-state index is 11.5. The summed E-state index contributed by atoms with van der Waals surface area (Å²) >= 11 is 7.19. The second kappa shape index (κ2) is 11.2. The minimum atomic E-state index is -0.0628. The van der Waals surface area contributed by atoms with Crippen molar-refractivity contribution in [2.75, 3.05) is 43.8 Å². The number of rotatable bonds is 12. The van der Waals surface area contributed by atoms with Gasteiger partial charge in [0.1, 0.15) is 5.82 Å². The molecule has 0 aliphatic rings. The molecule has 2 rings (SSSR count). The largest absolute Gasteiger partial charge is 0.383 e. The summed E-state index contributed by atoms with van der Waals surface area (Å²) in [6.07, 6.45) is 3.11. The molecule has 10 heteroatoms. The van der Waals surface area contributed by atoms with Crippen molar-refractivity contribution < 1.29 is 9.53 Å². The number of nitrogens with zero attached hydrogens (tertiary/aromatic N) is 4. The van der Waals surface area contributed by atoms with Crippen LogP contribution in [0.5, 0.6) is 0 Å². The van der Waals surface area contributed by atoms with Crippen LogP contribution in [0.4, 0.5) is 5.82 Å². The molecule has 2 aromatic heterocycles. The Morgan fingerprint density at radius 1 is 1.38 bits per heavy atom. The lowest BCUT2D eigenvalue weighted by atomic mass is 10.4. The van der Waals surface area contributed by atoms with Crippen LogP contribution in [0.25, 0.3) is 11.0 Å². The number of ether oxygens (including phenoxy) is 1. The van der Waals surface area contributed by atoms with Gasteiger partial charge in [0.15, 0.2) is 10.8 Å². The second-order valence-corrected chi connectivity index (χ2v) is 6.96. The smallest absolute Gasteiger partial charge is 0.221 e. The molecular formula is C16H25ClN6O2S. The van der Waals surface area contributed by atoms with E-state index in [1.807, 2.05) is 0 Å². The van der Waals surface area contributed by atoms with Crippen molar-refractivity contribution in [3.8, 4) is 0 Å². The van der Waals surface area contributed by atoms with Gasteiger partial charge in [-0.25, -0.2) is 14.6 Å². The van der Waals surface area contributed by atoms with Gasteiger partial charge in [-0.2, -0.15) is 5.10 Å². The van der Waals surface area contributed by atoms with Crippen LogP contribution >= 0.6 is 23.4 Å². The molecule has 2 heterocycles. The Morgan fingerprint density at radius 3 is 2.96 bits per heavy atom. The summed E-state index contributed by atoms with van der Waals surface area (Å²) < 4.78 is 6.88. The predicted molar refractivity (Wildman–Crippen MR) is 105 cm³/mol. The van der Waals surface area contributed by atoms with Crippen molar-refractivity contribution in [1.82, 2.24) is 25.1 Å². The number of carbonyl (C=O) groups excluding carboxylic acids is 1. The number of amides is 1. The Bertz CT molecular complexity index is 711. The van der Waals surface area contributed by atoms with Gasteiger partial charge in [0.25, 0.3) is 0 Å². The number of nitrogens with one attached hydrogen (secondary N) is 2. The zero-order valence-corrected chi connectivity index (χ0v) is 16.7. The molecule has 26 heavy (non-hydrogen) atoms. The maximum atomic E-state index is 11.5. The molecule has 0 atom stereocenters. The van der Waals surface area contributed by atoms with E-state index in [1.165, 1.54) is 0 Å². The first-order valence-corrected chi connectivity index (χ1v) is 10.1. The van der Waals surface area contributed by atoms with E-state index in [9.17, 15) is 4.79 Å². The molecule has 0 saturated heterocycles. The average molecular weight is 401 g/mol. The molecule has 0 unspecified atom stereocenters. The zero-order chi connectivity index (χ0) is 18.8. The van der Waals surface area contributed by atoms with E-state index in [4.69, 9.17) is 16.3 Å². The number of fused-ring (bicyclic) bond motifs is 1. The number of hydrogen-bond acceptors (Lipinski definition) is 7. The van der Waals surface area contributed by atoms with Crippen molar-refractivity contribution in [2.45, 2.75) is 31.5 Å². The van der Waals surface area contributed by atoms with Crippen molar-refractivity contribution in [3.63, 3.8) is 0 Å². The van der Waals surface area contributed by atoms with Crippen molar-refractivity contribution in [1.29, 1.82) is 0 Å². The summed E-state index contributed by atoms with van der Waals surface area (Å²) in [5, 5.41) is 12.1. The molecular weight excluding hydrogens is 376 g/mol. The molecule has 8 nitrogen and oxygen atoms in total. The molecule has 0 aliphatic carbocycles. The van der Waals surface area contributed by atoms with Crippen molar-refractivity contribution >= 4 is 46.1 Å².